The van der Waals surface area contributed by atoms with Crippen LogP contribution in [0.5, 0.6) is 0 Å². The molecular weight excluding hydrogens is 374 g/mol. The first-order valence-corrected chi connectivity index (χ1v) is 10.4. The quantitative estimate of drug-likeness (QED) is 0.728. The highest BCUT2D eigenvalue weighted by Gasteiger charge is 2.31. The largest absolute Gasteiger partial charge is 0.467 e. The Morgan fingerprint density at radius 3 is 2.96 bits per heavy atom. The van der Waals surface area contributed by atoms with Crippen LogP contribution in [0.15, 0.2) is 33.9 Å². The van der Waals surface area contributed by atoms with E-state index in [9.17, 15) is 9.59 Å². The van der Waals surface area contributed by atoms with Crippen molar-refractivity contribution >= 4 is 27.5 Å². The number of thiophene rings is 1. The fraction of sp³-hybridized carbons (Fsp3) is 0.476. The van der Waals surface area contributed by atoms with E-state index in [0.29, 0.717) is 23.6 Å². The van der Waals surface area contributed by atoms with Gasteiger partial charge in [0.25, 0.3) is 5.56 Å². The van der Waals surface area contributed by atoms with Gasteiger partial charge in [0.1, 0.15) is 17.1 Å². The average Bonchev–Trinajstić information content (AvgIpc) is 3.28. The molecule has 0 aromatic carbocycles. The molecule has 0 aliphatic heterocycles. The molecular formula is C21H25N3O3S. The Hall–Kier alpha value is -2.41. The van der Waals surface area contributed by atoms with Gasteiger partial charge < -0.3 is 9.73 Å². The summed E-state index contributed by atoms with van der Waals surface area (Å²) in [5, 5.41) is 3.47. The fourth-order valence-corrected chi connectivity index (χ4v) is 5.12. The molecule has 3 aromatic rings. The molecule has 1 aliphatic carbocycles. The Bertz CT molecular complexity index is 1060. The molecule has 7 heteroatoms. The zero-order valence-electron chi connectivity index (χ0n) is 16.4. The van der Waals surface area contributed by atoms with Crippen LogP contribution in [0.3, 0.4) is 0 Å². The van der Waals surface area contributed by atoms with Crippen LogP contribution in [0.25, 0.3) is 10.2 Å². The monoisotopic (exact) mass is 399 g/mol. The molecule has 6 nitrogen and oxygen atoms in total. The number of aryl methyl sites for hydroxylation is 1. The molecule has 0 unspecified atom stereocenters. The van der Waals surface area contributed by atoms with Crippen molar-refractivity contribution in [1.29, 1.82) is 0 Å². The Labute approximate surface area is 167 Å². The summed E-state index contributed by atoms with van der Waals surface area (Å²) in [6, 6.07) is 3.57. The molecule has 0 bridgehead atoms. The number of aromatic nitrogens is 2. The Kier molecular flexibility index (Phi) is 4.87. The van der Waals surface area contributed by atoms with Gasteiger partial charge in [-0.05, 0) is 48.3 Å². The zero-order valence-corrected chi connectivity index (χ0v) is 17.3. The molecule has 28 heavy (non-hydrogen) atoms. The summed E-state index contributed by atoms with van der Waals surface area (Å²) < 4.78 is 6.61. The van der Waals surface area contributed by atoms with Gasteiger partial charge in [-0.15, -0.1) is 11.3 Å². The fourth-order valence-electron chi connectivity index (χ4n) is 3.86. The third kappa shape index (κ3) is 3.63. The first-order chi connectivity index (χ1) is 13.3. The molecule has 0 radical (unpaired) electrons. The molecule has 1 aliphatic rings. The van der Waals surface area contributed by atoms with Gasteiger partial charge in [0.2, 0.25) is 5.91 Å². The van der Waals surface area contributed by atoms with E-state index in [4.69, 9.17) is 4.42 Å². The van der Waals surface area contributed by atoms with Crippen molar-refractivity contribution in [3.63, 3.8) is 0 Å². The number of rotatable bonds is 4. The van der Waals surface area contributed by atoms with E-state index in [-0.39, 0.29) is 23.4 Å². The maximum Gasteiger partial charge on any atom is 0.262 e. The lowest BCUT2D eigenvalue weighted by molar-refractivity contribution is -0.122. The van der Waals surface area contributed by atoms with Gasteiger partial charge in [-0.1, -0.05) is 20.8 Å². The number of furan rings is 1. The number of hydrogen-bond donors (Lipinski definition) is 1. The topological polar surface area (TPSA) is 77.1 Å². The number of carbonyl (C=O) groups is 1. The minimum absolute atomic E-state index is 0.0439. The normalized spacial score (nSPS) is 16.9. The highest BCUT2D eigenvalue weighted by molar-refractivity contribution is 7.18. The minimum atomic E-state index is -0.239. The Balaban J connectivity index is 1.56. The van der Waals surface area contributed by atoms with E-state index in [0.717, 1.165) is 29.7 Å². The van der Waals surface area contributed by atoms with Gasteiger partial charge in [-0.3, -0.25) is 14.2 Å². The number of amides is 1. The van der Waals surface area contributed by atoms with Crippen molar-refractivity contribution in [1.82, 2.24) is 14.9 Å². The van der Waals surface area contributed by atoms with Gasteiger partial charge in [0.15, 0.2) is 0 Å². The van der Waals surface area contributed by atoms with Crippen LogP contribution in [0.1, 0.15) is 43.4 Å². The van der Waals surface area contributed by atoms with Crippen molar-refractivity contribution in [2.45, 2.75) is 53.1 Å². The summed E-state index contributed by atoms with van der Waals surface area (Å²) in [5.74, 6) is 1.05. The SMILES string of the molecule is CC(C)(C)[C@H]1CCc2c(sc3ncn(CC(=O)NCc4ccco4)c(=O)c23)C1. The average molecular weight is 400 g/mol. The number of hydrogen-bond acceptors (Lipinski definition) is 5. The van der Waals surface area contributed by atoms with Crippen LogP contribution in [0.4, 0.5) is 0 Å². The van der Waals surface area contributed by atoms with E-state index in [1.165, 1.54) is 15.8 Å². The molecule has 0 saturated heterocycles. The molecule has 1 N–H and O–H groups in total. The third-order valence-electron chi connectivity index (χ3n) is 5.61. The minimum Gasteiger partial charge on any atom is -0.467 e. The van der Waals surface area contributed by atoms with E-state index < -0.39 is 0 Å². The maximum absolute atomic E-state index is 13.0. The first-order valence-electron chi connectivity index (χ1n) is 9.61. The van der Waals surface area contributed by atoms with E-state index >= 15 is 0 Å². The Morgan fingerprint density at radius 1 is 1.43 bits per heavy atom. The number of fused-ring (bicyclic) bond motifs is 3. The van der Waals surface area contributed by atoms with Crippen LogP contribution in [-0.2, 0) is 30.7 Å². The van der Waals surface area contributed by atoms with Crippen LogP contribution in [0, 0.1) is 11.3 Å². The van der Waals surface area contributed by atoms with E-state index in [1.54, 1.807) is 29.7 Å². The van der Waals surface area contributed by atoms with Crippen LogP contribution in [0.2, 0.25) is 0 Å². The molecule has 0 saturated carbocycles. The molecule has 0 spiro atoms. The Morgan fingerprint density at radius 2 is 2.25 bits per heavy atom. The second-order valence-electron chi connectivity index (χ2n) is 8.52. The van der Waals surface area contributed by atoms with Crippen molar-refractivity contribution in [2.24, 2.45) is 11.3 Å². The van der Waals surface area contributed by atoms with Gasteiger partial charge in [0.05, 0.1) is 24.5 Å². The molecule has 3 aromatic heterocycles. The zero-order chi connectivity index (χ0) is 19.9. The predicted octanol–water partition coefficient (Wildman–Crippen LogP) is 3.52. The van der Waals surface area contributed by atoms with Crippen molar-refractivity contribution in [2.75, 3.05) is 0 Å². The molecule has 1 atom stereocenters. The van der Waals surface area contributed by atoms with E-state index in [2.05, 4.69) is 31.1 Å². The van der Waals surface area contributed by atoms with Crippen molar-refractivity contribution in [3.05, 3.63) is 51.3 Å². The first kappa shape index (κ1) is 18.9. The highest BCUT2D eigenvalue weighted by Crippen LogP contribution is 2.41. The van der Waals surface area contributed by atoms with Crippen LogP contribution >= 0.6 is 11.3 Å². The number of carbonyl (C=O) groups excluding carboxylic acids is 1. The highest BCUT2D eigenvalue weighted by atomic mass is 32.1. The standard InChI is InChI=1S/C21H25N3O3S/c1-21(2,3)13-6-7-15-16(9-13)28-19-18(15)20(26)24(12-23-19)11-17(25)22-10-14-5-4-8-27-14/h4-5,8,12-13H,6-7,9-11H2,1-3H3,(H,22,25)/t13-/m0/s1. The second kappa shape index (κ2) is 7.20. The van der Waals surface area contributed by atoms with Crippen molar-refractivity contribution < 1.29 is 9.21 Å². The summed E-state index contributed by atoms with van der Waals surface area (Å²) in [4.78, 5) is 31.8. The summed E-state index contributed by atoms with van der Waals surface area (Å²) in [6.07, 6.45) is 6.04. The van der Waals surface area contributed by atoms with Gasteiger partial charge in [-0.25, -0.2) is 4.98 Å². The van der Waals surface area contributed by atoms with Gasteiger partial charge in [-0.2, -0.15) is 0 Å². The number of nitrogens with zero attached hydrogens (tertiary/aromatic N) is 2. The summed E-state index contributed by atoms with van der Waals surface area (Å²) in [5.41, 5.74) is 1.28. The summed E-state index contributed by atoms with van der Waals surface area (Å²) in [6.45, 7) is 7.10. The molecule has 3 heterocycles. The van der Waals surface area contributed by atoms with Gasteiger partial charge in [0, 0.05) is 4.88 Å². The smallest absolute Gasteiger partial charge is 0.262 e. The van der Waals surface area contributed by atoms with E-state index in [1.807, 2.05) is 0 Å². The lowest BCUT2D eigenvalue weighted by atomic mass is 9.72. The summed E-state index contributed by atoms with van der Waals surface area (Å²) >= 11 is 1.63. The lowest BCUT2D eigenvalue weighted by Gasteiger charge is -2.33. The molecule has 4 rings (SSSR count). The maximum atomic E-state index is 13.0. The van der Waals surface area contributed by atoms with Crippen molar-refractivity contribution in [3.8, 4) is 0 Å². The molecule has 1 amide bonds. The molecule has 148 valence electrons. The summed E-state index contributed by atoms with van der Waals surface area (Å²) in [7, 11) is 0. The predicted molar refractivity (Wildman–Crippen MR) is 109 cm³/mol. The molecule has 0 fully saturated rings. The third-order valence-corrected chi connectivity index (χ3v) is 6.78. The van der Waals surface area contributed by atoms with Crippen LogP contribution < -0.4 is 10.9 Å². The lowest BCUT2D eigenvalue weighted by Crippen LogP contribution is -2.32. The van der Waals surface area contributed by atoms with Gasteiger partial charge >= 0.3 is 0 Å². The van der Waals surface area contributed by atoms with Crippen LogP contribution in [-0.4, -0.2) is 15.5 Å². The number of nitrogens with one attached hydrogen (secondary N) is 1. The second-order valence-corrected chi connectivity index (χ2v) is 9.61.